The number of amides is 2. The van der Waals surface area contributed by atoms with E-state index in [9.17, 15) is 9.59 Å². The van der Waals surface area contributed by atoms with Crippen LogP contribution in [0.25, 0.3) is 0 Å². The molecule has 0 unspecified atom stereocenters. The Morgan fingerprint density at radius 1 is 1.13 bits per heavy atom. The molecule has 5 nitrogen and oxygen atoms in total. The van der Waals surface area contributed by atoms with Crippen molar-refractivity contribution in [1.29, 1.82) is 0 Å². The number of carbonyl (C=O) groups is 2. The summed E-state index contributed by atoms with van der Waals surface area (Å²) in [5.74, 6) is 0.198. The van der Waals surface area contributed by atoms with Gasteiger partial charge in [-0.3, -0.25) is 9.59 Å². The molecule has 1 aliphatic rings. The van der Waals surface area contributed by atoms with Crippen molar-refractivity contribution in [1.82, 2.24) is 5.32 Å². The van der Waals surface area contributed by atoms with Crippen LogP contribution in [0.2, 0.25) is 0 Å². The first-order chi connectivity index (χ1) is 11.0. The van der Waals surface area contributed by atoms with E-state index in [1.807, 2.05) is 32.0 Å². The quantitative estimate of drug-likeness (QED) is 0.834. The Bertz CT molecular complexity index is 731. The standard InChI is InChI=1S/C18H20N2O3/c1-12-5-3-7-15(13(12)2)20-17(22)18(8-9-18)16(21)19-11-14-6-4-10-23-14/h3-7,10H,8-9,11H2,1-2H3,(H,19,21)(H,20,22). The van der Waals surface area contributed by atoms with Gasteiger partial charge >= 0.3 is 0 Å². The predicted octanol–water partition coefficient (Wildman–Crippen LogP) is 2.93. The summed E-state index contributed by atoms with van der Waals surface area (Å²) in [7, 11) is 0. The summed E-state index contributed by atoms with van der Waals surface area (Å²) in [6, 6.07) is 9.30. The first-order valence-corrected chi connectivity index (χ1v) is 7.71. The summed E-state index contributed by atoms with van der Waals surface area (Å²) in [5, 5.41) is 5.69. The van der Waals surface area contributed by atoms with E-state index in [0.717, 1.165) is 16.8 Å². The first kappa shape index (κ1) is 15.3. The molecular weight excluding hydrogens is 292 g/mol. The Kier molecular flexibility index (Phi) is 3.94. The molecule has 1 heterocycles. The van der Waals surface area contributed by atoms with Crippen molar-refractivity contribution >= 4 is 17.5 Å². The zero-order valence-corrected chi connectivity index (χ0v) is 13.3. The van der Waals surface area contributed by atoms with Crippen molar-refractivity contribution < 1.29 is 14.0 Å². The lowest BCUT2D eigenvalue weighted by Crippen LogP contribution is -2.39. The first-order valence-electron chi connectivity index (χ1n) is 7.71. The third kappa shape index (κ3) is 2.99. The fraction of sp³-hybridized carbons (Fsp3) is 0.333. The van der Waals surface area contributed by atoms with Gasteiger partial charge in [-0.05, 0) is 56.0 Å². The minimum Gasteiger partial charge on any atom is -0.467 e. The molecule has 2 aromatic rings. The van der Waals surface area contributed by atoms with E-state index < -0.39 is 5.41 Å². The number of nitrogens with one attached hydrogen (secondary N) is 2. The van der Waals surface area contributed by atoms with Gasteiger partial charge in [-0.1, -0.05) is 12.1 Å². The summed E-state index contributed by atoms with van der Waals surface area (Å²) in [6.07, 6.45) is 2.71. The van der Waals surface area contributed by atoms with Crippen LogP contribution in [0.1, 0.15) is 29.7 Å². The molecule has 0 radical (unpaired) electrons. The summed E-state index contributed by atoms with van der Waals surface area (Å²) in [6.45, 7) is 4.25. The maximum Gasteiger partial charge on any atom is 0.240 e. The molecule has 1 saturated carbocycles. The van der Waals surface area contributed by atoms with Gasteiger partial charge in [0.15, 0.2) is 0 Å². The molecule has 0 saturated heterocycles. The van der Waals surface area contributed by atoms with Crippen LogP contribution in [0.15, 0.2) is 41.0 Å². The van der Waals surface area contributed by atoms with Gasteiger partial charge in [0.05, 0.1) is 12.8 Å². The zero-order valence-electron chi connectivity index (χ0n) is 13.3. The molecule has 3 rings (SSSR count). The van der Waals surface area contributed by atoms with Crippen LogP contribution in [0, 0.1) is 19.3 Å². The van der Waals surface area contributed by atoms with Crippen molar-refractivity contribution in [2.45, 2.75) is 33.2 Å². The van der Waals surface area contributed by atoms with Gasteiger partial charge in [-0.15, -0.1) is 0 Å². The van der Waals surface area contributed by atoms with Gasteiger partial charge in [0.25, 0.3) is 0 Å². The van der Waals surface area contributed by atoms with E-state index in [4.69, 9.17) is 4.42 Å². The topological polar surface area (TPSA) is 71.3 Å². The number of hydrogen-bond donors (Lipinski definition) is 2. The number of anilines is 1. The normalized spacial score (nSPS) is 15.0. The minimum atomic E-state index is -0.942. The number of benzene rings is 1. The maximum absolute atomic E-state index is 12.6. The number of hydrogen-bond acceptors (Lipinski definition) is 3. The summed E-state index contributed by atoms with van der Waals surface area (Å²) in [5.41, 5.74) is 1.95. The lowest BCUT2D eigenvalue weighted by atomic mass is 10.0. The Morgan fingerprint density at radius 2 is 1.91 bits per heavy atom. The molecule has 0 aliphatic heterocycles. The van der Waals surface area contributed by atoms with Crippen molar-refractivity contribution in [3.05, 3.63) is 53.5 Å². The largest absolute Gasteiger partial charge is 0.467 e. The predicted molar refractivity (Wildman–Crippen MR) is 86.8 cm³/mol. The Morgan fingerprint density at radius 3 is 2.57 bits per heavy atom. The van der Waals surface area contributed by atoms with Crippen molar-refractivity contribution in [3.63, 3.8) is 0 Å². The second-order valence-corrected chi connectivity index (χ2v) is 6.05. The van der Waals surface area contributed by atoms with E-state index in [-0.39, 0.29) is 11.8 Å². The van der Waals surface area contributed by atoms with Crippen molar-refractivity contribution in [2.24, 2.45) is 5.41 Å². The SMILES string of the molecule is Cc1cccc(NC(=O)C2(C(=O)NCc3ccco3)CC2)c1C. The third-order valence-corrected chi connectivity index (χ3v) is 4.48. The molecular formula is C18H20N2O3. The van der Waals surface area contributed by atoms with Crippen LogP contribution in [0.3, 0.4) is 0 Å². The Balaban J connectivity index is 1.66. The molecule has 120 valence electrons. The number of carbonyl (C=O) groups excluding carboxylic acids is 2. The number of furan rings is 1. The average molecular weight is 312 g/mol. The highest BCUT2D eigenvalue weighted by atomic mass is 16.3. The van der Waals surface area contributed by atoms with Gasteiger partial charge in [0.1, 0.15) is 11.2 Å². The highest BCUT2D eigenvalue weighted by Gasteiger charge is 2.56. The molecule has 1 aromatic carbocycles. The zero-order chi connectivity index (χ0) is 16.4. The van der Waals surface area contributed by atoms with Crippen LogP contribution < -0.4 is 10.6 Å². The van der Waals surface area contributed by atoms with Crippen LogP contribution >= 0.6 is 0 Å². The monoisotopic (exact) mass is 312 g/mol. The summed E-state index contributed by atoms with van der Waals surface area (Å²) >= 11 is 0. The lowest BCUT2D eigenvalue weighted by Gasteiger charge is -2.16. The van der Waals surface area contributed by atoms with Gasteiger partial charge in [-0.2, -0.15) is 0 Å². The fourth-order valence-corrected chi connectivity index (χ4v) is 2.56. The van der Waals surface area contributed by atoms with Crippen molar-refractivity contribution in [2.75, 3.05) is 5.32 Å². The van der Waals surface area contributed by atoms with E-state index in [1.165, 1.54) is 0 Å². The third-order valence-electron chi connectivity index (χ3n) is 4.48. The second-order valence-electron chi connectivity index (χ2n) is 6.05. The van der Waals surface area contributed by atoms with Gasteiger partial charge in [0, 0.05) is 5.69 Å². The van der Waals surface area contributed by atoms with Crippen molar-refractivity contribution in [3.8, 4) is 0 Å². The molecule has 1 fully saturated rings. The highest BCUT2D eigenvalue weighted by molar-refractivity contribution is 6.13. The minimum absolute atomic E-state index is 0.233. The van der Waals surface area contributed by atoms with Crippen LogP contribution in [0.5, 0.6) is 0 Å². The molecule has 0 atom stereocenters. The van der Waals surface area contributed by atoms with Crippen LogP contribution in [-0.4, -0.2) is 11.8 Å². The molecule has 1 aliphatic carbocycles. The molecule has 2 N–H and O–H groups in total. The fourth-order valence-electron chi connectivity index (χ4n) is 2.56. The van der Waals surface area contributed by atoms with E-state index >= 15 is 0 Å². The number of rotatable bonds is 5. The maximum atomic E-state index is 12.6. The Labute approximate surface area is 135 Å². The van der Waals surface area contributed by atoms with E-state index in [0.29, 0.717) is 25.1 Å². The smallest absolute Gasteiger partial charge is 0.240 e. The summed E-state index contributed by atoms with van der Waals surface area (Å²) < 4.78 is 5.19. The molecule has 23 heavy (non-hydrogen) atoms. The Hall–Kier alpha value is -2.56. The van der Waals surface area contributed by atoms with Crippen LogP contribution in [-0.2, 0) is 16.1 Å². The second kappa shape index (κ2) is 5.91. The van der Waals surface area contributed by atoms with Gasteiger partial charge < -0.3 is 15.1 Å². The molecule has 2 amide bonds. The number of aryl methyl sites for hydroxylation is 1. The van der Waals surface area contributed by atoms with E-state index in [2.05, 4.69) is 10.6 Å². The molecule has 1 aromatic heterocycles. The van der Waals surface area contributed by atoms with E-state index in [1.54, 1.807) is 18.4 Å². The van der Waals surface area contributed by atoms with Gasteiger partial charge in [-0.25, -0.2) is 0 Å². The van der Waals surface area contributed by atoms with Gasteiger partial charge in [0.2, 0.25) is 11.8 Å². The summed E-state index contributed by atoms with van der Waals surface area (Å²) in [4.78, 5) is 25.0. The average Bonchev–Trinajstić information content (AvgIpc) is 3.19. The van der Waals surface area contributed by atoms with Crippen LogP contribution in [0.4, 0.5) is 5.69 Å². The lowest BCUT2D eigenvalue weighted by molar-refractivity contribution is -0.134. The molecule has 0 spiro atoms. The molecule has 5 heteroatoms. The highest BCUT2D eigenvalue weighted by Crippen LogP contribution is 2.47. The molecule has 0 bridgehead atoms.